The monoisotopic (exact) mass is 392 g/mol. The fourth-order valence-electron chi connectivity index (χ4n) is 4.74. The molecule has 2 bridgehead atoms. The van der Waals surface area contributed by atoms with E-state index in [4.69, 9.17) is 5.73 Å². The van der Waals surface area contributed by atoms with Crippen LogP contribution in [0.3, 0.4) is 0 Å². The van der Waals surface area contributed by atoms with E-state index in [1.54, 1.807) is 0 Å². The Morgan fingerprint density at radius 1 is 0.960 bits per heavy atom. The van der Waals surface area contributed by atoms with Crippen molar-refractivity contribution in [2.75, 3.05) is 32.7 Å². The summed E-state index contributed by atoms with van der Waals surface area (Å²) in [5, 5.41) is 3.03. The Balaban J connectivity index is 0.00000113. The second kappa shape index (κ2) is 8.42. The van der Waals surface area contributed by atoms with Crippen molar-refractivity contribution in [3.8, 4) is 0 Å². The summed E-state index contributed by atoms with van der Waals surface area (Å²) >= 11 is 0. The van der Waals surface area contributed by atoms with Gasteiger partial charge in [0.2, 0.25) is 11.8 Å². The Morgan fingerprint density at radius 3 is 2.16 bits per heavy atom. The standard InChI is InChI=1S/C17H28N4O2.2ClH/c18-16-12-2-1-11(9-12)15(16)17(23)21-7-5-20(6-8-21)10-14(22)19-13-3-4-13;;/h11-13,15-16H,1-10,18H2,(H,19,22);2*1H. The Kier molecular flexibility index (Phi) is 6.99. The molecule has 3 aliphatic carbocycles. The number of rotatable bonds is 4. The zero-order valence-electron chi connectivity index (χ0n) is 14.6. The summed E-state index contributed by atoms with van der Waals surface area (Å²) in [5.74, 6) is 1.54. The van der Waals surface area contributed by atoms with E-state index in [9.17, 15) is 9.59 Å². The highest BCUT2D eigenvalue weighted by Crippen LogP contribution is 2.48. The summed E-state index contributed by atoms with van der Waals surface area (Å²) in [5.41, 5.74) is 6.31. The van der Waals surface area contributed by atoms with E-state index < -0.39 is 0 Å². The topological polar surface area (TPSA) is 78.7 Å². The fraction of sp³-hybridized carbons (Fsp3) is 0.882. The molecular formula is C17H30Cl2N4O2. The van der Waals surface area contributed by atoms with Crippen molar-refractivity contribution >= 4 is 36.6 Å². The molecule has 6 nitrogen and oxygen atoms in total. The van der Waals surface area contributed by atoms with Crippen LogP contribution in [0.25, 0.3) is 0 Å². The molecule has 0 aromatic rings. The van der Waals surface area contributed by atoms with Gasteiger partial charge >= 0.3 is 0 Å². The number of carbonyl (C=O) groups is 2. The van der Waals surface area contributed by atoms with Gasteiger partial charge in [0.05, 0.1) is 12.5 Å². The van der Waals surface area contributed by atoms with Crippen molar-refractivity contribution < 1.29 is 9.59 Å². The average Bonchev–Trinajstić information content (AvgIpc) is 3.12. The van der Waals surface area contributed by atoms with Gasteiger partial charge in [-0.1, -0.05) is 0 Å². The minimum Gasteiger partial charge on any atom is -0.352 e. The molecule has 0 aromatic carbocycles. The number of nitrogens with zero attached hydrogens (tertiary/aromatic N) is 2. The van der Waals surface area contributed by atoms with Gasteiger partial charge in [-0.3, -0.25) is 14.5 Å². The van der Waals surface area contributed by atoms with Gasteiger partial charge in [-0.25, -0.2) is 0 Å². The molecule has 4 aliphatic rings. The number of halogens is 2. The van der Waals surface area contributed by atoms with Crippen LogP contribution in [0.4, 0.5) is 0 Å². The van der Waals surface area contributed by atoms with Gasteiger partial charge in [-0.05, 0) is 43.9 Å². The average molecular weight is 393 g/mol. The molecule has 4 atom stereocenters. The number of hydrogen-bond acceptors (Lipinski definition) is 4. The Morgan fingerprint density at radius 2 is 1.60 bits per heavy atom. The number of nitrogens with two attached hydrogens (primary N) is 1. The molecule has 2 amide bonds. The molecule has 4 rings (SSSR count). The predicted octanol–water partition coefficient (Wildman–Crippen LogP) is 0.626. The first-order valence-electron chi connectivity index (χ1n) is 9.18. The lowest BCUT2D eigenvalue weighted by atomic mass is 9.84. The highest BCUT2D eigenvalue weighted by atomic mass is 35.5. The third-order valence-corrected chi connectivity index (χ3v) is 6.26. The third-order valence-electron chi connectivity index (χ3n) is 6.26. The first kappa shape index (κ1) is 20.7. The summed E-state index contributed by atoms with van der Waals surface area (Å²) in [6.45, 7) is 3.51. The number of piperazine rings is 1. The molecule has 0 aromatic heterocycles. The van der Waals surface area contributed by atoms with Crippen LogP contribution in [0.15, 0.2) is 0 Å². The van der Waals surface area contributed by atoms with Gasteiger partial charge < -0.3 is 16.0 Å². The van der Waals surface area contributed by atoms with Crippen molar-refractivity contribution in [3.05, 3.63) is 0 Å². The second-order valence-corrected chi connectivity index (χ2v) is 7.88. The van der Waals surface area contributed by atoms with Crippen LogP contribution in [0, 0.1) is 17.8 Å². The minimum atomic E-state index is 0. The fourth-order valence-corrected chi connectivity index (χ4v) is 4.74. The third kappa shape index (κ3) is 4.41. The number of amides is 2. The maximum Gasteiger partial charge on any atom is 0.234 e. The van der Waals surface area contributed by atoms with Crippen molar-refractivity contribution in [2.45, 2.75) is 44.2 Å². The van der Waals surface area contributed by atoms with Crippen molar-refractivity contribution in [1.82, 2.24) is 15.1 Å². The van der Waals surface area contributed by atoms with E-state index in [-0.39, 0.29) is 48.6 Å². The van der Waals surface area contributed by atoms with Crippen LogP contribution in [-0.2, 0) is 9.59 Å². The van der Waals surface area contributed by atoms with E-state index in [2.05, 4.69) is 10.2 Å². The Bertz CT molecular complexity index is 493. The van der Waals surface area contributed by atoms with Crippen molar-refractivity contribution in [3.63, 3.8) is 0 Å². The predicted molar refractivity (Wildman–Crippen MR) is 101 cm³/mol. The quantitative estimate of drug-likeness (QED) is 0.734. The summed E-state index contributed by atoms with van der Waals surface area (Å²) in [6.07, 6.45) is 5.78. The van der Waals surface area contributed by atoms with E-state index in [1.807, 2.05) is 4.90 Å². The SMILES string of the molecule is Cl.Cl.NC1C2CCC(C2)C1C(=O)N1CCN(CC(=O)NC2CC2)CC1. The number of nitrogens with one attached hydrogen (secondary N) is 1. The molecule has 1 heterocycles. The van der Waals surface area contributed by atoms with Crippen LogP contribution in [-0.4, -0.2) is 66.4 Å². The van der Waals surface area contributed by atoms with E-state index in [0.717, 1.165) is 45.4 Å². The largest absolute Gasteiger partial charge is 0.352 e. The molecule has 25 heavy (non-hydrogen) atoms. The number of fused-ring (bicyclic) bond motifs is 2. The number of carbonyl (C=O) groups excluding carboxylic acids is 2. The Hall–Kier alpha value is -0.560. The molecular weight excluding hydrogens is 363 g/mol. The van der Waals surface area contributed by atoms with Gasteiger partial charge in [-0.15, -0.1) is 24.8 Å². The normalized spacial score (nSPS) is 34.2. The second-order valence-electron chi connectivity index (χ2n) is 7.88. The maximum atomic E-state index is 12.8. The van der Waals surface area contributed by atoms with E-state index >= 15 is 0 Å². The first-order chi connectivity index (χ1) is 11.1. The minimum absolute atomic E-state index is 0. The summed E-state index contributed by atoms with van der Waals surface area (Å²) in [6, 6.07) is 0.494. The highest BCUT2D eigenvalue weighted by Gasteiger charge is 2.50. The molecule has 3 N–H and O–H groups in total. The highest BCUT2D eigenvalue weighted by molar-refractivity contribution is 5.85. The molecule has 3 saturated carbocycles. The van der Waals surface area contributed by atoms with E-state index in [0.29, 0.717) is 24.4 Å². The molecule has 8 heteroatoms. The van der Waals surface area contributed by atoms with Gasteiger partial charge in [0, 0.05) is 38.3 Å². The van der Waals surface area contributed by atoms with Crippen LogP contribution in [0.5, 0.6) is 0 Å². The van der Waals surface area contributed by atoms with Gasteiger partial charge in [0.1, 0.15) is 0 Å². The van der Waals surface area contributed by atoms with Gasteiger partial charge in [-0.2, -0.15) is 0 Å². The summed E-state index contributed by atoms with van der Waals surface area (Å²) in [4.78, 5) is 28.8. The van der Waals surface area contributed by atoms with Crippen molar-refractivity contribution in [2.24, 2.45) is 23.5 Å². The molecule has 4 fully saturated rings. The van der Waals surface area contributed by atoms with Crippen LogP contribution in [0.2, 0.25) is 0 Å². The van der Waals surface area contributed by atoms with E-state index in [1.165, 1.54) is 12.8 Å². The first-order valence-corrected chi connectivity index (χ1v) is 9.18. The lowest BCUT2D eigenvalue weighted by Crippen LogP contribution is -2.55. The van der Waals surface area contributed by atoms with Crippen LogP contribution < -0.4 is 11.1 Å². The summed E-state index contributed by atoms with van der Waals surface area (Å²) in [7, 11) is 0. The zero-order chi connectivity index (χ0) is 16.0. The molecule has 1 saturated heterocycles. The van der Waals surface area contributed by atoms with Crippen LogP contribution in [0.1, 0.15) is 32.1 Å². The van der Waals surface area contributed by atoms with Gasteiger partial charge in [0.25, 0.3) is 0 Å². The molecule has 0 spiro atoms. The molecule has 144 valence electrons. The van der Waals surface area contributed by atoms with Gasteiger partial charge in [0.15, 0.2) is 0 Å². The maximum absolute atomic E-state index is 12.8. The lowest BCUT2D eigenvalue weighted by molar-refractivity contribution is -0.139. The zero-order valence-corrected chi connectivity index (χ0v) is 16.2. The van der Waals surface area contributed by atoms with Crippen LogP contribution >= 0.6 is 24.8 Å². The smallest absolute Gasteiger partial charge is 0.234 e. The molecule has 1 aliphatic heterocycles. The summed E-state index contributed by atoms with van der Waals surface area (Å²) < 4.78 is 0. The molecule has 4 unspecified atom stereocenters. The Labute approximate surface area is 162 Å². The number of hydrogen-bond donors (Lipinski definition) is 2. The lowest BCUT2D eigenvalue weighted by Gasteiger charge is -2.38. The van der Waals surface area contributed by atoms with Crippen molar-refractivity contribution in [1.29, 1.82) is 0 Å². The molecule has 0 radical (unpaired) electrons.